The molecule has 0 aliphatic carbocycles. The van der Waals surface area contributed by atoms with Crippen LogP contribution < -0.4 is 5.32 Å². The molecule has 0 amide bonds. The van der Waals surface area contributed by atoms with E-state index in [1.54, 1.807) is 6.07 Å². The van der Waals surface area contributed by atoms with E-state index in [2.05, 4.69) is 18.5 Å². The van der Waals surface area contributed by atoms with Gasteiger partial charge in [0.1, 0.15) is 6.29 Å². The molecule has 0 heterocycles. The maximum absolute atomic E-state index is 10.7. The van der Waals surface area contributed by atoms with Crippen LogP contribution in [0.2, 0.25) is 0 Å². The van der Waals surface area contributed by atoms with E-state index in [0.717, 1.165) is 34.4 Å². The van der Waals surface area contributed by atoms with Crippen molar-refractivity contribution in [3.63, 3.8) is 0 Å². The topological polar surface area (TPSA) is 29.1 Å². The zero-order valence-electron chi connectivity index (χ0n) is 11.5. The minimum Gasteiger partial charge on any atom is -0.355 e. The molecule has 2 aromatic carbocycles. The maximum atomic E-state index is 10.7. The summed E-state index contributed by atoms with van der Waals surface area (Å²) in [5.74, 6) is 0. The minimum absolute atomic E-state index is 0.675. The molecule has 0 aliphatic rings. The molecule has 0 saturated heterocycles. The minimum atomic E-state index is 0.675. The number of hydrogen-bond acceptors (Lipinski definition) is 2. The summed E-state index contributed by atoms with van der Waals surface area (Å²) in [6.45, 7) is 9.75. The van der Waals surface area contributed by atoms with Gasteiger partial charge in [0.2, 0.25) is 0 Å². The molecule has 100 valence electrons. The molecule has 0 fully saturated rings. The second kappa shape index (κ2) is 6.02. The molecule has 2 aromatic rings. The van der Waals surface area contributed by atoms with Gasteiger partial charge in [-0.15, -0.1) is 0 Å². The zero-order valence-corrected chi connectivity index (χ0v) is 11.5. The number of benzene rings is 2. The first kappa shape index (κ1) is 13.8. The Kier molecular flexibility index (Phi) is 4.16. The van der Waals surface area contributed by atoms with E-state index in [9.17, 15) is 4.79 Å². The predicted octanol–water partition coefficient (Wildman–Crippen LogP) is 4.53. The Hall–Kier alpha value is -2.61. The fourth-order valence-corrected chi connectivity index (χ4v) is 1.96. The van der Waals surface area contributed by atoms with Crippen LogP contribution in [0, 0.1) is 6.92 Å². The monoisotopic (exact) mass is 263 g/mol. The quantitative estimate of drug-likeness (QED) is 0.803. The number of aldehydes is 1. The molecular formula is C18H17NO. The van der Waals surface area contributed by atoms with Gasteiger partial charge in [-0.05, 0) is 41.8 Å². The maximum Gasteiger partial charge on any atom is 0.150 e. The van der Waals surface area contributed by atoms with Crippen molar-refractivity contribution in [3.8, 4) is 0 Å². The summed E-state index contributed by atoms with van der Waals surface area (Å²) in [4.78, 5) is 10.7. The van der Waals surface area contributed by atoms with E-state index >= 15 is 0 Å². The summed E-state index contributed by atoms with van der Waals surface area (Å²) in [5, 5.41) is 3.28. The SMILES string of the molecule is C=Cc1ccc(C(=C)Nc2ccc(C=O)cc2C)cc1. The lowest BCUT2D eigenvalue weighted by molar-refractivity contribution is 0.112. The molecule has 1 N–H and O–H groups in total. The molecule has 20 heavy (non-hydrogen) atoms. The molecule has 0 spiro atoms. The number of anilines is 1. The second-order valence-electron chi connectivity index (χ2n) is 4.62. The van der Waals surface area contributed by atoms with Crippen molar-refractivity contribution in [2.45, 2.75) is 6.92 Å². The highest BCUT2D eigenvalue weighted by molar-refractivity contribution is 5.80. The molecular weight excluding hydrogens is 246 g/mol. The number of carbonyl (C=O) groups excluding carboxylic acids is 1. The molecule has 2 heteroatoms. The highest BCUT2D eigenvalue weighted by atomic mass is 16.1. The average molecular weight is 263 g/mol. The summed E-state index contributed by atoms with van der Waals surface area (Å²) in [5.41, 5.74) is 5.56. The highest BCUT2D eigenvalue weighted by Crippen LogP contribution is 2.21. The van der Waals surface area contributed by atoms with Crippen LogP contribution in [0.4, 0.5) is 5.69 Å². The van der Waals surface area contributed by atoms with Crippen molar-refractivity contribution in [3.05, 3.63) is 77.9 Å². The van der Waals surface area contributed by atoms with Gasteiger partial charge in [-0.3, -0.25) is 4.79 Å². The molecule has 0 bridgehead atoms. The molecule has 0 atom stereocenters. The fourth-order valence-electron chi connectivity index (χ4n) is 1.96. The first-order chi connectivity index (χ1) is 9.63. The lowest BCUT2D eigenvalue weighted by Crippen LogP contribution is -1.99. The average Bonchev–Trinajstić information content (AvgIpc) is 2.49. The Labute approximate surface area is 119 Å². The van der Waals surface area contributed by atoms with Crippen molar-refractivity contribution in [2.75, 3.05) is 5.32 Å². The molecule has 0 unspecified atom stereocenters. The van der Waals surface area contributed by atoms with Crippen molar-refractivity contribution >= 4 is 23.7 Å². The van der Waals surface area contributed by atoms with E-state index in [4.69, 9.17) is 0 Å². The van der Waals surface area contributed by atoms with E-state index in [1.165, 1.54) is 0 Å². The largest absolute Gasteiger partial charge is 0.355 e. The standard InChI is InChI=1S/C18H17NO/c1-4-15-5-8-17(9-6-15)14(3)19-18-10-7-16(12-20)11-13(18)2/h4-12,19H,1,3H2,2H3. The van der Waals surface area contributed by atoms with Gasteiger partial charge in [0.05, 0.1) is 0 Å². The van der Waals surface area contributed by atoms with Crippen LogP contribution in [0.5, 0.6) is 0 Å². The molecule has 0 aromatic heterocycles. The number of carbonyl (C=O) groups is 1. The second-order valence-corrected chi connectivity index (χ2v) is 4.62. The Morgan fingerprint density at radius 3 is 2.30 bits per heavy atom. The van der Waals surface area contributed by atoms with Crippen LogP contribution in [-0.2, 0) is 0 Å². The first-order valence-electron chi connectivity index (χ1n) is 6.38. The van der Waals surface area contributed by atoms with Gasteiger partial charge >= 0.3 is 0 Å². The normalized spacial score (nSPS) is 9.85. The smallest absolute Gasteiger partial charge is 0.150 e. The summed E-state index contributed by atoms with van der Waals surface area (Å²) in [7, 11) is 0. The summed E-state index contributed by atoms with van der Waals surface area (Å²) < 4.78 is 0. The van der Waals surface area contributed by atoms with E-state index in [1.807, 2.05) is 49.4 Å². The number of rotatable bonds is 5. The Morgan fingerprint density at radius 1 is 1.10 bits per heavy atom. The molecule has 0 saturated carbocycles. The van der Waals surface area contributed by atoms with Gasteiger partial charge < -0.3 is 5.32 Å². The van der Waals surface area contributed by atoms with Gasteiger partial charge in [-0.2, -0.15) is 0 Å². The summed E-state index contributed by atoms with van der Waals surface area (Å²) in [6, 6.07) is 13.5. The first-order valence-corrected chi connectivity index (χ1v) is 6.38. The summed E-state index contributed by atoms with van der Waals surface area (Å²) in [6.07, 6.45) is 2.65. The zero-order chi connectivity index (χ0) is 14.5. The fraction of sp³-hybridized carbons (Fsp3) is 0.0556. The van der Waals surface area contributed by atoms with E-state index in [0.29, 0.717) is 5.56 Å². The van der Waals surface area contributed by atoms with Gasteiger partial charge in [-0.25, -0.2) is 0 Å². The predicted molar refractivity (Wildman–Crippen MR) is 85.8 cm³/mol. The van der Waals surface area contributed by atoms with Crippen molar-refractivity contribution < 1.29 is 4.79 Å². The van der Waals surface area contributed by atoms with Crippen LogP contribution in [0.15, 0.2) is 55.6 Å². The van der Waals surface area contributed by atoms with Crippen LogP contribution in [-0.4, -0.2) is 6.29 Å². The van der Waals surface area contributed by atoms with Crippen molar-refractivity contribution in [2.24, 2.45) is 0 Å². The van der Waals surface area contributed by atoms with Crippen LogP contribution in [0.25, 0.3) is 11.8 Å². The summed E-state index contributed by atoms with van der Waals surface area (Å²) >= 11 is 0. The van der Waals surface area contributed by atoms with Gasteiger partial charge in [0, 0.05) is 16.9 Å². The Balaban J connectivity index is 2.18. The van der Waals surface area contributed by atoms with E-state index in [-0.39, 0.29) is 0 Å². The lowest BCUT2D eigenvalue weighted by Gasteiger charge is -2.13. The Morgan fingerprint density at radius 2 is 1.75 bits per heavy atom. The molecule has 2 rings (SSSR count). The van der Waals surface area contributed by atoms with Crippen molar-refractivity contribution in [1.82, 2.24) is 0 Å². The van der Waals surface area contributed by atoms with E-state index < -0.39 is 0 Å². The number of hydrogen-bond donors (Lipinski definition) is 1. The van der Waals surface area contributed by atoms with Gasteiger partial charge in [0.15, 0.2) is 0 Å². The van der Waals surface area contributed by atoms with Gasteiger partial charge in [-0.1, -0.05) is 43.5 Å². The molecule has 2 nitrogen and oxygen atoms in total. The third-order valence-corrected chi connectivity index (χ3v) is 3.17. The third kappa shape index (κ3) is 3.04. The number of aryl methyl sites for hydroxylation is 1. The van der Waals surface area contributed by atoms with Crippen molar-refractivity contribution in [1.29, 1.82) is 0 Å². The third-order valence-electron chi connectivity index (χ3n) is 3.17. The Bertz CT molecular complexity index is 654. The lowest BCUT2D eigenvalue weighted by atomic mass is 10.1. The van der Waals surface area contributed by atoms with Gasteiger partial charge in [0.25, 0.3) is 0 Å². The molecule has 0 radical (unpaired) electrons. The van der Waals surface area contributed by atoms with Crippen LogP contribution >= 0.6 is 0 Å². The molecule has 0 aliphatic heterocycles. The number of nitrogens with one attached hydrogen (secondary N) is 1. The highest BCUT2D eigenvalue weighted by Gasteiger charge is 2.03. The van der Waals surface area contributed by atoms with Crippen LogP contribution in [0.3, 0.4) is 0 Å². The van der Waals surface area contributed by atoms with Crippen LogP contribution in [0.1, 0.15) is 27.0 Å².